The SMILES string of the molecule is CCOc1cc(/C=C(\C#N)C(=O)Nc2cc([N+](=O)[O-])ccc2Cl)ccc1OC(=O)c1cccc2ccccc12. The minimum absolute atomic E-state index is 0.0114. The highest BCUT2D eigenvalue weighted by molar-refractivity contribution is 6.34. The third-order valence-corrected chi connectivity index (χ3v) is 5.89. The second kappa shape index (κ2) is 11.9. The van der Waals surface area contributed by atoms with E-state index in [2.05, 4.69) is 5.32 Å². The number of hydrogen-bond acceptors (Lipinski definition) is 7. The van der Waals surface area contributed by atoms with Crippen molar-refractivity contribution in [1.82, 2.24) is 0 Å². The number of fused-ring (bicyclic) bond motifs is 1. The summed E-state index contributed by atoms with van der Waals surface area (Å²) in [5.41, 5.74) is 0.235. The van der Waals surface area contributed by atoms with Crippen LogP contribution in [0.4, 0.5) is 11.4 Å². The van der Waals surface area contributed by atoms with Gasteiger partial charge in [0.05, 0.1) is 27.8 Å². The molecule has 39 heavy (non-hydrogen) atoms. The summed E-state index contributed by atoms with van der Waals surface area (Å²) in [6.45, 7) is 2.03. The van der Waals surface area contributed by atoms with Crippen LogP contribution in [-0.4, -0.2) is 23.4 Å². The van der Waals surface area contributed by atoms with E-state index >= 15 is 0 Å². The Labute approximate surface area is 228 Å². The molecule has 0 aromatic heterocycles. The third-order valence-electron chi connectivity index (χ3n) is 5.56. The topological polar surface area (TPSA) is 132 Å². The van der Waals surface area contributed by atoms with Crippen molar-refractivity contribution in [3.05, 3.63) is 111 Å². The van der Waals surface area contributed by atoms with Gasteiger partial charge >= 0.3 is 5.97 Å². The zero-order valence-electron chi connectivity index (χ0n) is 20.5. The molecule has 9 nitrogen and oxygen atoms in total. The number of benzene rings is 4. The number of amides is 1. The Bertz CT molecular complexity index is 1670. The third kappa shape index (κ3) is 6.21. The van der Waals surface area contributed by atoms with E-state index in [4.69, 9.17) is 21.1 Å². The maximum atomic E-state index is 13.0. The van der Waals surface area contributed by atoms with E-state index in [0.29, 0.717) is 11.1 Å². The molecule has 0 bridgehead atoms. The standard InChI is InChI=1S/C29H20ClN3O6/c1-2-38-27-15-18(14-20(17-31)28(34)32-25-16-21(33(36)37)11-12-24(25)30)10-13-26(27)39-29(35)23-9-5-7-19-6-3-4-8-22(19)23/h3-16H,2H2,1H3,(H,32,34)/b20-14+. The predicted octanol–water partition coefficient (Wildman–Crippen LogP) is 6.56. The van der Waals surface area contributed by atoms with Crippen molar-refractivity contribution in [3.63, 3.8) is 0 Å². The van der Waals surface area contributed by atoms with E-state index in [1.54, 1.807) is 25.1 Å². The summed E-state index contributed by atoms with van der Waals surface area (Å²) in [4.78, 5) is 36.2. The highest BCUT2D eigenvalue weighted by Gasteiger charge is 2.18. The highest BCUT2D eigenvalue weighted by Crippen LogP contribution is 2.32. The van der Waals surface area contributed by atoms with Gasteiger partial charge in [-0.3, -0.25) is 14.9 Å². The number of nitro groups is 1. The van der Waals surface area contributed by atoms with Gasteiger partial charge in [0, 0.05) is 12.1 Å². The summed E-state index contributed by atoms with van der Waals surface area (Å²) in [6.07, 6.45) is 1.30. The van der Waals surface area contributed by atoms with Gasteiger partial charge in [-0.05, 0) is 53.6 Å². The van der Waals surface area contributed by atoms with Crippen LogP contribution in [0.2, 0.25) is 5.02 Å². The molecule has 194 valence electrons. The first kappa shape index (κ1) is 26.9. The molecular formula is C29H20ClN3O6. The van der Waals surface area contributed by atoms with Crippen molar-refractivity contribution in [1.29, 1.82) is 5.26 Å². The van der Waals surface area contributed by atoms with Crippen molar-refractivity contribution in [2.24, 2.45) is 0 Å². The van der Waals surface area contributed by atoms with E-state index in [9.17, 15) is 25.0 Å². The Balaban J connectivity index is 1.59. The van der Waals surface area contributed by atoms with Gasteiger partial charge in [0.2, 0.25) is 0 Å². The molecule has 10 heteroatoms. The van der Waals surface area contributed by atoms with Crippen molar-refractivity contribution in [2.45, 2.75) is 6.92 Å². The molecule has 0 aliphatic rings. The number of non-ortho nitro benzene ring substituents is 1. The maximum Gasteiger partial charge on any atom is 0.344 e. The molecule has 0 aliphatic heterocycles. The zero-order chi connectivity index (χ0) is 27.9. The Morgan fingerprint density at radius 3 is 2.56 bits per heavy atom. The number of nitrogens with zero attached hydrogens (tertiary/aromatic N) is 2. The second-order valence-corrected chi connectivity index (χ2v) is 8.51. The minimum Gasteiger partial charge on any atom is -0.490 e. The molecule has 1 amide bonds. The van der Waals surface area contributed by atoms with Crippen LogP contribution in [0.1, 0.15) is 22.8 Å². The van der Waals surface area contributed by atoms with Crippen LogP contribution in [0.3, 0.4) is 0 Å². The first-order valence-corrected chi connectivity index (χ1v) is 12.0. The summed E-state index contributed by atoms with van der Waals surface area (Å²) < 4.78 is 11.3. The lowest BCUT2D eigenvalue weighted by molar-refractivity contribution is -0.384. The number of hydrogen-bond donors (Lipinski definition) is 1. The van der Waals surface area contributed by atoms with Crippen molar-refractivity contribution >= 4 is 51.7 Å². The number of carbonyl (C=O) groups excluding carboxylic acids is 2. The molecule has 0 heterocycles. The largest absolute Gasteiger partial charge is 0.490 e. The van der Waals surface area contributed by atoms with E-state index in [-0.39, 0.29) is 40.1 Å². The van der Waals surface area contributed by atoms with Crippen LogP contribution in [0.5, 0.6) is 11.5 Å². The lowest BCUT2D eigenvalue weighted by atomic mass is 10.0. The average Bonchev–Trinajstić information content (AvgIpc) is 2.93. The molecule has 0 saturated heterocycles. The van der Waals surface area contributed by atoms with Gasteiger partial charge in [-0.15, -0.1) is 0 Å². The van der Waals surface area contributed by atoms with E-state index in [1.807, 2.05) is 36.4 Å². The fourth-order valence-electron chi connectivity index (χ4n) is 3.75. The molecule has 4 aromatic carbocycles. The molecule has 0 atom stereocenters. The lowest BCUT2D eigenvalue weighted by Gasteiger charge is -2.12. The van der Waals surface area contributed by atoms with E-state index in [1.165, 1.54) is 30.3 Å². The predicted molar refractivity (Wildman–Crippen MR) is 147 cm³/mol. The molecule has 0 aliphatic carbocycles. The molecule has 0 fully saturated rings. The highest BCUT2D eigenvalue weighted by atomic mass is 35.5. The number of nitriles is 1. The Kier molecular flexibility index (Phi) is 8.19. The van der Waals surface area contributed by atoms with Crippen LogP contribution < -0.4 is 14.8 Å². The molecule has 0 saturated carbocycles. The van der Waals surface area contributed by atoms with Gasteiger partial charge in [-0.1, -0.05) is 54.1 Å². The van der Waals surface area contributed by atoms with Crippen LogP contribution >= 0.6 is 11.6 Å². The van der Waals surface area contributed by atoms with Crippen LogP contribution in [0, 0.1) is 21.4 Å². The summed E-state index contributed by atoms with van der Waals surface area (Å²) >= 11 is 6.05. The summed E-state index contributed by atoms with van der Waals surface area (Å²) in [7, 11) is 0. The fraction of sp³-hybridized carbons (Fsp3) is 0.0690. The summed E-state index contributed by atoms with van der Waals surface area (Å²) in [5.74, 6) is -0.983. The van der Waals surface area contributed by atoms with Gasteiger partial charge in [-0.25, -0.2) is 4.79 Å². The molecular weight excluding hydrogens is 522 g/mol. The van der Waals surface area contributed by atoms with Crippen LogP contribution in [0.25, 0.3) is 16.8 Å². The van der Waals surface area contributed by atoms with Crippen LogP contribution in [0.15, 0.2) is 84.4 Å². The van der Waals surface area contributed by atoms with Gasteiger partial charge in [0.25, 0.3) is 11.6 Å². The average molecular weight is 542 g/mol. The quantitative estimate of drug-likeness (QED) is 0.0666. The lowest BCUT2D eigenvalue weighted by Crippen LogP contribution is -2.14. The second-order valence-electron chi connectivity index (χ2n) is 8.10. The molecule has 4 aromatic rings. The number of anilines is 1. The first-order chi connectivity index (χ1) is 18.8. The minimum atomic E-state index is -0.815. The number of carbonyl (C=O) groups is 2. The smallest absolute Gasteiger partial charge is 0.344 e. The van der Waals surface area contributed by atoms with Crippen molar-refractivity contribution in [3.8, 4) is 17.6 Å². The molecule has 0 unspecified atom stereocenters. The zero-order valence-corrected chi connectivity index (χ0v) is 21.3. The number of nitro benzene ring substituents is 1. The Morgan fingerprint density at radius 2 is 1.82 bits per heavy atom. The first-order valence-electron chi connectivity index (χ1n) is 11.6. The fourth-order valence-corrected chi connectivity index (χ4v) is 3.92. The summed E-state index contributed by atoms with van der Waals surface area (Å²) in [6, 6.07) is 22.8. The molecule has 0 spiro atoms. The number of rotatable bonds is 8. The van der Waals surface area contributed by atoms with Crippen molar-refractivity contribution < 1.29 is 24.0 Å². The number of halogens is 1. The van der Waals surface area contributed by atoms with Crippen molar-refractivity contribution in [2.75, 3.05) is 11.9 Å². The van der Waals surface area contributed by atoms with Gasteiger partial charge in [0.15, 0.2) is 11.5 Å². The van der Waals surface area contributed by atoms with Gasteiger partial charge < -0.3 is 14.8 Å². The number of ether oxygens (including phenoxy) is 2. The van der Waals surface area contributed by atoms with Gasteiger partial charge in [-0.2, -0.15) is 5.26 Å². The summed E-state index contributed by atoms with van der Waals surface area (Å²) in [5, 5.41) is 24.8. The molecule has 0 radical (unpaired) electrons. The van der Waals surface area contributed by atoms with E-state index < -0.39 is 16.8 Å². The molecule has 4 rings (SSSR count). The number of nitrogens with one attached hydrogen (secondary N) is 1. The van der Waals surface area contributed by atoms with Crippen LogP contribution in [-0.2, 0) is 4.79 Å². The number of esters is 1. The van der Waals surface area contributed by atoms with E-state index in [0.717, 1.165) is 16.8 Å². The maximum absolute atomic E-state index is 13.0. The Morgan fingerprint density at radius 1 is 1.05 bits per heavy atom. The monoisotopic (exact) mass is 541 g/mol. The van der Waals surface area contributed by atoms with Gasteiger partial charge in [0.1, 0.15) is 11.6 Å². The Hall–Kier alpha value is -5.20. The molecule has 1 N–H and O–H groups in total. The normalized spacial score (nSPS) is 10.9.